The third kappa shape index (κ3) is 3.78. The van der Waals surface area contributed by atoms with E-state index in [1.807, 2.05) is 26.8 Å². The van der Waals surface area contributed by atoms with Gasteiger partial charge in [-0.3, -0.25) is 0 Å². The van der Waals surface area contributed by atoms with E-state index in [9.17, 15) is 8.42 Å². The molecule has 0 saturated heterocycles. The summed E-state index contributed by atoms with van der Waals surface area (Å²) < 4.78 is 26.5. The fraction of sp³-hybridized carbons (Fsp3) is 0.571. The standard InChI is InChI=1S/C14H24N2O2S/c1-4-10-16(6-3)19(17,18)13-9-7-8-12(11-13)14(15)5-2/h7-9,11,14H,4-6,10,15H2,1-3H3. The minimum atomic E-state index is -3.40. The van der Waals surface area contributed by atoms with Gasteiger partial charge in [0.05, 0.1) is 4.90 Å². The predicted octanol–water partition coefficient (Wildman–Crippen LogP) is 2.52. The quantitative estimate of drug-likeness (QED) is 0.836. The molecule has 19 heavy (non-hydrogen) atoms. The van der Waals surface area contributed by atoms with E-state index < -0.39 is 10.0 Å². The van der Waals surface area contributed by atoms with Crippen LogP contribution in [-0.4, -0.2) is 25.8 Å². The Morgan fingerprint density at radius 2 is 1.95 bits per heavy atom. The van der Waals surface area contributed by atoms with Crippen LogP contribution in [0.5, 0.6) is 0 Å². The first-order valence-electron chi connectivity index (χ1n) is 6.83. The van der Waals surface area contributed by atoms with Gasteiger partial charge in [0.2, 0.25) is 10.0 Å². The molecular weight excluding hydrogens is 260 g/mol. The number of nitrogens with two attached hydrogens (primary N) is 1. The molecule has 0 aliphatic heterocycles. The van der Waals surface area contributed by atoms with E-state index in [2.05, 4.69) is 0 Å². The van der Waals surface area contributed by atoms with E-state index in [0.717, 1.165) is 18.4 Å². The van der Waals surface area contributed by atoms with Gasteiger partial charge < -0.3 is 5.73 Å². The van der Waals surface area contributed by atoms with E-state index in [1.54, 1.807) is 18.2 Å². The van der Waals surface area contributed by atoms with Crippen molar-refractivity contribution in [3.05, 3.63) is 29.8 Å². The summed E-state index contributed by atoms with van der Waals surface area (Å²) in [6.45, 7) is 6.85. The highest BCUT2D eigenvalue weighted by Crippen LogP contribution is 2.21. The molecule has 0 spiro atoms. The molecule has 0 heterocycles. The van der Waals surface area contributed by atoms with Gasteiger partial charge in [-0.05, 0) is 30.5 Å². The maximum atomic E-state index is 12.5. The van der Waals surface area contributed by atoms with E-state index in [-0.39, 0.29) is 6.04 Å². The third-order valence-corrected chi connectivity index (χ3v) is 5.16. The van der Waals surface area contributed by atoms with Crippen molar-refractivity contribution >= 4 is 10.0 Å². The molecule has 0 amide bonds. The van der Waals surface area contributed by atoms with Gasteiger partial charge in [-0.2, -0.15) is 4.31 Å². The van der Waals surface area contributed by atoms with Gasteiger partial charge in [0, 0.05) is 19.1 Å². The first kappa shape index (κ1) is 16.1. The lowest BCUT2D eigenvalue weighted by molar-refractivity contribution is 0.427. The van der Waals surface area contributed by atoms with Crippen molar-refractivity contribution < 1.29 is 8.42 Å². The summed E-state index contributed by atoms with van der Waals surface area (Å²) >= 11 is 0. The van der Waals surface area contributed by atoms with Crippen LogP contribution in [-0.2, 0) is 10.0 Å². The van der Waals surface area contributed by atoms with Crippen molar-refractivity contribution in [2.75, 3.05) is 13.1 Å². The summed E-state index contributed by atoms with van der Waals surface area (Å²) in [5.74, 6) is 0. The molecule has 0 bridgehead atoms. The summed E-state index contributed by atoms with van der Waals surface area (Å²) in [5, 5.41) is 0. The maximum absolute atomic E-state index is 12.5. The van der Waals surface area contributed by atoms with Crippen LogP contribution in [0, 0.1) is 0 Å². The molecule has 5 heteroatoms. The topological polar surface area (TPSA) is 63.4 Å². The van der Waals surface area contributed by atoms with Gasteiger partial charge in [-0.1, -0.05) is 32.9 Å². The monoisotopic (exact) mass is 284 g/mol. The Balaban J connectivity index is 3.14. The first-order valence-corrected chi connectivity index (χ1v) is 8.27. The minimum Gasteiger partial charge on any atom is -0.324 e. The normalized spacial score (nSPS) is 13.7. The zero-order valence-corrected chi connectivity index (χ0v) is 12.8. The second-order valence-corrected chi connectivity index (χ2v) is 6.52. The molecule has 108 valence electrons. The van der Waals surface area contributed by atoms with Crippen LogP contribution < -0.4 is 5.73 Å². The van der Waals surface area contributed by atoms with Crippen LogP contribution >= 0.6 is 0 Å². The zero-order valence-electron chi connectivity index (χ0n) is 12.0. The molecule has 1 aromatic rings. The van der Waals surface area contributed by atoms with Crippen molar-refractivity contribution in [1.29, 1.82) is 0 Å². The highest BCUT2D eigenvalue weighted by Gasteiger charge is 2.22. The highest BCUT2D eigenvalue weighted by atomic mass is 32.2. The molecule has 1 aromatic carbocycles. The fourth-order valence-corrected chi connectivity index (χ4v) is 3.58. The Hall–Kier alpha value is -0.910. The molecule has 0 aliphatic carbocycles. The van der Waals surface area contributed by atoms with Crippen LogP contribution in [0.15, 0.2) is 29.2 Å². The van der Waals surface area contributed by atoms with Crippen LogP contribution in [0.1, 0.15) is 45.2 Å². The summed E-state index contributed by atoms with van der Waals surface area (Å²) in [7, 11) is -3.40. The molecule has 0 fully saturated rings. The lowest BCUT2D eigenvalue weighted by atomic mass is 10.1. The molecular formula is C14H24N2O2S. The Morgan fingerprint density at radius 3 is 2.47 bits per heavy atom. The lowest BCUT2D eigenvalue weighted by Gasteiger charge is -2.20. The Morgan fingerprint density at radius 1 is 1.26 bits per heavy atom. The van der Waals surface area contributed by atoms with Crippen molar-refractivity contribution in [3.8, 4) is 0 Å². The van der Waals surface area contributed by atoms with Crippen LogP contribution in [0.2, 0.25) is 0 Å². The Kier molecular flexibility index (Phi) is 5.97. The van der Waals surface area contributed by atoms with Crippen LogP contribution in [0.3, 0.4) is 0 Å². The van der Waals surface area contributed by atoms with Gasteiger partial charge in [-0.25, -0.2) is 8.42 Å². The predicted molar refractivity (Wildman–Crippen MR) is 78.4 cm³/mol. The molecule has 1 rings (SSSR count). The van der Waals surface area contributed by atoms with Crippen molar-refractivity contribution in [2.24, 2.45) is 5.73 Å². The van der Waals surface area contributed by atoms with E-state index in [1.165, 1.54) is 4.31 Å². The number of benzene rings is 1. The van der Waals surface area contributed by atoms with E-state index in [4.69, 9.17) is 5.73 Å². The third-order valence-electron chi connectivity index (χ3n) is 3.19. The first-order chi connectivity index (χ1) is 8.97. The molecule has 0 aliphatic rings. The average molecular weight is 284 g/mol. The molecule has 4 nitrogen and oxygen atoms in total. The van der Waals surface area contributed by atoms with Gasteiger partial charge in [0.1, 0.15) is 0 Å². The summed E-state index contributed by atoms with van der Waals surface area (Å²) in [5.41, 5.74) is 6.84. The maximum Gasteiger partial charge on any atom is 0.243 e. The summed E-state index contributed by atoms with van der Waals surface area (Å²) in [6.07, 6.45) is 1.59. The zero-order chi connectivity index (χ0) is 14.5. The summed E-state index contributed by atoms with van der Waals surface area (Å²) in [4.78, 5) is 0.337. The second kappa shape index (κ2) is 7.03. The largest absolute Gasteiger partial charge is 0.324 e. The molecule has 2 N–H and O–H groups in total. The Bertz CT molecular complexity index is 500. The van der Waals surface area contributed by atoms with Gasteiger partial charge in [-0.15, -0.1) is 0 Å². The average Bonchev–Trinajstić information content (AvgIpc) is 2.43. The second-order valence-electron chi connectivity index (χ2n) is 4.58. The number of nitrogens with zero attached hydrogens (tertiary/aromatic N) is 1. The lowest BCUT2D eigenvalue weighted by Crippen LogP contribution is -2.31. The van der Waals surface area contributed by atoms with Gasteiger partial charge in [0.15, 0.2) is 0 Å². The smallest absolute Gasteiger partial charge is 0.243 e. The fourth-order valence-electron chi connectivity index (χ4n) is 1.99. The summed E-state index contributed by atoms with van der Waals surface area (Å²) in [6, 6.07) is 6.86. The van der Waals surface area contributed by atoms with Crippen molar-refractivity contribution in [1.82, 2.24) is 4.31 Å². The molecule has 1 unspecified atom stereocenters. The molecule has 0 aromatic heterocycles. The molecule has 0 radical (unpaired) electrons. The van der Waals surface area contributed by atoms with Crippen molar-refractivity contribution in [3.63, 3.8) is 0 Å². The number of rotatable bonds is 7. The number of sulfonamides is 1. The number of hydrogen-bond donors (Lipinski definition) is 1. The molecule has 0 saturated carbocycles. The van der Waals surface area contributed by atoms with E-state index >= 15 is 0 Å². The van der Waals surface area contributed by atoms with E-state index in [0.29, 0.717) is 18.0 Å². The SMILES string of the molecule is CCCN(CC)S(=O)(=O)c1cccc(C(N)CC)c1. The minimum absolute atomic E-state index is 0.114. The van der Waals surface area contributed by atoms with Crippen LogP contribution in [0.4, 0.5) is 0 Å². The highest BCUT2D eigenvalue weighted by molar-refractivity contribution is 7.89. The Labute approximate surface area is 116 Å². The van der Waals surface area contributed by atoms with Crippen LogP contribution in [0.25, 0.3) is 0 Å². The van der Waals surface area contributed by atoms with Gasteiger partial charge in [0.25, 0.3) is 0 Å². The van der Waals surface area contributed by atoms with Gasteiger partial charge >= 0.3 is 0 Å². The number of hydrogen-bond acceptors (Lipinski definition) is 3. The van der Waals surface area contributed by atoms with Crippen molar-refractivity contribution in [2.45, 2.75) is 44.6 Å². The molecule has 1 atom stereocenters.